The number of fused-ring (bicyclic) bond motifs is 1. The van der Waals surface area contributed by atoms with Gasteiger partial charge in [-0.25, -0.2) is 4.79 Å². The maximum Gasteiger partial charge on any atom is 0.344 e. The molecule has 1 aromatic rings. The first kappa shape index (κ1) is 20.7. The van der Waals surface area contributed by atoms with E-state index in [0.717, 1.165) is 42.1 Å². The molecule has 1 aliphatic heterocycles. The quantitative estimate of drug-likeness (QED) is 0.337. The van der Waals surface area contributed by atoms with Gasteiger partial charge in [-0.2, -0.15) is 0 Å². The van der Waals surface area contributed by atoms with E-state index in [0.29, 0.717) is 42.9 Å². The van der Waals surface area contributed by atoms with Gasteiger partial charge in [-0.15, -0.1) is 0 Å². The minimum Gasteiger partial charge on any atom is -0.492 e. The van der Waals surface area contributed by atoms with E-state index >= 15 is 0 Å². The van der Waals surface area contributed by atoms with Gasteiger partial charge in [-0.1, -0.05) is 29.3 Å². The van der Waals surface area contributed by atoms with Crippen molar-refractivity contribution in [3.05, 3.63) is 22.8 Å². The number of carbonyl (C=O) groups excluding carboxylic acids is 1. The summed E-state index contributed by atoms with van der Waals surface area (Å²) in [5, 5.41) is 10.3. The molecule has 0 bridgehead atoms. The zero-order valence-electron chi connectivity index (χ0n) is 15.5. The Labute approximate surface area is 163 Å². The third-order valence-corrected chi connectivity index (χ3v) is 5.08. The Morgan fingerprint density at radius 1 is 1.35 bits per heavy atom. The summed E-state index contributed by atoms with van der Waals surface area (Å²) >= 11 is 3.42. The molecule has 0 aromatic heterocycles. The molecule has 5 nitrogen and oxygen atoms in total. The third-order valence-electron chi connectivity index (χ3n) is 4.52. The fourth-order valence-electron chi connectivity index (χ4n) is 3.21. The molecular weight excluding hydrogens is 400 g/mol. The minimum atomic E-state index is -0.953. The number of rotatable bonds is 10. The van der Waals surface area contributed by atoms with Crippen LogP contribution in [0.4, 0.5) is 0 Å². The van der Waals surface area contributed by atoms with Crippen molar-refractivity contribution in [2.75, 3.05) is 11.9 Å². The Balaban J connectivity index is 2.37. The van der Waals surface area contributed by atoms with Crippen molar-refractivity contribution in [2.24, 2.45) is 0 Å². The summed E-state index contributed by atoms with van der Waals surface area (Å²) in [4.78, 5) is 23.5. The molecule has 0 aliphatic carbocycles. The van der Waals surface area contributed by atoms with Gasteiger partial charge in [0, 0.05) is 10.9 Å². The molecule has 26 heavy (non-hydrogen) atoms. The number of unbranched alkanes of at least 4 members (excludes halogenated alkanes) is 2. The highest BCUT2D eigenvalue weighted by atomic mass is 79.9. The van der Waals surface area contributed by atoms with Gasteiger partial charge < -0.3 is 14.6 Å². The number of hydrogen-bond donors (Lipinski definition) is 1. The highest BCUT2D eigenvalue weighted by Crippen LogP contribution is 2.41. The topological polar surface area (TPSA) is 72.8 Å². The SMILES string of the molecule is CCCc1c2c(cc(C(C)=O)c1OCCCCCBr)CCC(C(=O)O)O2. The number of carboxylic acid groups (broad SMARTS) is 1. The molecule has 0 saturated heterocycles. The standard InChI is InChI=1S/C20H27BrO5/c1-3-7-15-18-14(8-9-17(26-18)20(23)24)12-16(13(2)22)19(15)25-11-6-4-5-10-21/h12,17H,3-11H2,1-2H3,(H,23,24). The Hall–Kier alpha value is -1.56. The number of alkyl halides is 1. The maximum atomic E-state index is 12.2. The summed E-state index contributed by atoms with van der Waals surface area (Å²) in [5.74, 6) is 0.181. The molecular formula is C20H27BrO5. The monoisotopic (exact) mass is 426 g/mol. The fraction of sp³-hybridized carbons (Fsp3) is 0.600. The highest BCUT2D eigenvalue weighted by Gasteiger charge is 2.30. The van der Waals surface area contributed by atoms with Crippen molar-refractivity contribution in [3.63, 3.8) is 0 Å². The summed E-state index contributed by atoms with van der Waals surface area (Å²) in [6.07, 6.45) is 4.75. The molecule has 6 heteroatoms. The second kappa shape index (κ2) is 9.95. The van der Waals surface area contributed by atoms with E-state index in [1.807, 2.05) is 13.0 Å². The first-order valence-electron chi connectivity index (χ1n) is 9.27. The lowest BCUT2D eigenvalue weighted by Crippen LogP contribution is -2.31. The summed E-state index contributed by atoms with van der Waals surface area (Å²) in [6.45, 7) is 4.12. The molecule has 0 fully saturated rings. The summed E-state index contributed by atoms with van der Waals surface area (Å²) < 4.78 is 11.8. The lowest BCUT2D eigenvalue weighted by atomic mass is 9.92. The van der Waals surface area contributed by atoms with Crippen LogP contribution < -0.4 is 9.47 Å². The van der Waals surface area contributed by atoms with Gasteiger partial charge in [-0.05, 0) is 57.1 Å². The third kappa shape index (κ3) is 5.00. The van der Waals surface area contributed by atoms with E-state index in [1.54, 1.807) is 6.92 Å². The van der Waals surface area contributed by atoms with Crippen LogP contribution in [0.5, 0.6) is 11.5 Å². The predicted molar refractivity (Wildman–Crippen MR) is 104 cm³/mol. The Bertz CT molecular complexity index is 656. The van der Waals surface area contributed by atoms with Crippen molar-refractivity contribution in [2.45, 2.75) is 64.9 Å². The summed E-state index contributed by atoms with van der Waals surface area (Å²) in [5.41, 5.74) is 2.31. The van der Waals surface area contributed by atoms with Crippen molar-refractivity contribution < 1.29 is 24.2 Å². The van der Waals surface area contributed by atoms with Crippen molar-refractivity contribution in [3.8, 4) is 11.5 Å². The second-order valence-corrected chi connectivity index (χ2v) is 7.40. The zero-order valence-corrected chi connectivity index (χ0v) is 17.1. The van der Waals surface area contributed by atoms with Crippen molar-refractivity contribution in [1.82, 2.24) is 0 Å². The molecule has 1 aliphatic rings. The van der Waals surface area contributed by atoms with Gasteiger partial charge in [0.25, 0.3) is 0 Å². The van der Waals surface area contributed by atoms with Crippen molar-refractivity contribution in [1.29, 1.82) is 0 Å². The average Bonchev–Trinajstić information content (AvgIpc) is 2.61. The molecule has 0 spiro atoms. The van der Waals surface area contributed by atoms with E-state index in [2.05, 4.69) is 15.9 Å². The maximum absolute atomic E-state index is 12.2. The minimum absolute atomic E-state index is 0.0408. The Morgan fingerprint density at radius 2 is 2.12 bits per heavy atom. The number of halogens is 1. The molecule has 1 atom stereocenters. The number of carboxylic acids is 1. The number of ether oxygens (including phenoxy) is 2. The Kier molecular flexibility index (Phi) is 7.94. The van der Waals surface area contributed by atoms with Gasteiger partial charge in [0.15, 0.2) is 11.9 Å². The largest absolute Gasteiger partial charge is 0.492 e. The van der Waals surface area contributed by atoms with Gasteiger partial charge in [-0.3, -0.25) is 4.79 Å². The molecule has 1 N–H and O–H groups in total. The zero-order chi connectivity index (χ0) is 19.1. The molecule has 0 saturated carbocycles. The molecule has 1 heterocycles. The van der Waals surface area contributed by atoms with Gasteiger partial charge in [0.05, 0.1) is 12.2 Å². The van der Waals surface area contributed by atoms with Crippen LogP contribution in [0.3, 0.4) is 0 Å². The number of Topliss-reactive ketones (excluding diaryl/α,β-unsaturated/α-hetero) is 1. The number of hydrogen-bond acceptors (Lipinski definition) is 4. The van der Waals surface area contributed by atoms with Crippen LogP contribution in [0.25, 0.3) is 0 Å². The van der Waals surface area contributed by atoms with E-state index in [1.165, 1.54) is 0 Å². The van der Waals surface area contributed by atoms with Crippen molar-refractivity contribution >= 4 is 27.7 Å². The molecule has 0 radical (unpaired) electrons. The number of aliphatic carboxylic acids is 1. The highest BCUT2D eigenvalue weighted by molar-refractivity contribution is 9.09. The lowest BCUT2D eigenvalue weighted by Gasteiger charge is -2.28. The molecule has 2 rings (SSSR count). The number of carbonyl (C=O) groups is 2. The van der Waals surface area contributed by atoms with Crippen LogP contribution in [0.15, 0.2) is 6.07 Å². The van der Waals surface area contributed by atoms with Gasteiger partial charge >= 0.3 is 5.97 Å². The first-order chi connectivity index (χ1) is 12.5. The second-order valence-electron chi connectivity index (χ2n) is 6.61. The predicted octanol–water partition coefficient (Wildman–Crippen LogP) is 4.56. The van der Waals surface area contributed by atoms with E-state index in [-0.39, 0.29) is 5.78 Å². The van der Waals surface area contributed by atoms with E-state index < -0.39 is 12.1 Å². The van der Waals surface area contributed by atoms with Crippen LogP contribution in [0.1, 0.15) is 67.4 Å². The normalized spacial score (nSPS) is 15.9. The van der Waals surface area contributed by atoms with Gasteiger partial charge in [0.1, 0.15) is 11.5 Å². The first-order valence-corrected chi connectivity index (χ1v) is 10.4. The van der Waals surface area contributed by atoms with Crippen LogP contribution in [-0.2, 0) is 17.6 Å². The average molecular weight is 427 g/mol. The fourth-order valence-corrected chi connectivity index (χ4v) is 3.61. The summed E-state index contributed by atoms with van der Waals surface area (Å²) in [6, 6.07) is 1.82. The Morgan fingerprint density at radius 3 is 2.73 bits per heavy atom. The summed E-state index contributed by atoms with van der Waals surface area (Å²) in [7, 11) is 0. The van der Waals surface area contributed by atoms with Crippen LogP contribution in [-0.4, -0.2) is 34.9 Å². The molecule has 1 unspecified atom stereocenters. The number of ketones is 1. The number of benzene rings is 1. The van der Waals surface area contributed by atoms with E-state index in [4.69, 9.17) is 9.47 Å². The van der Waals surface area contributed by atoms with Gasteiger partial charge in [0.2, 0.25) is 0 Å². The smallest absolute Gasteiger partial charge is 0.344 e. The molecule has 0 amide bonds. The lowest BCUT2D eigenvalue weighted by molar-refractivity contribution is -0.145. The number of aryl methyl sites for hydroxylation is 1. The van der Waals surface area contributed by atoms with Crippen LogP contribution >= 0.6 is 15.9 Å². The molecule has 1 aromatic carbocycles. The van der Waals surface area contributed by atoms with E-state index in [9.17, 15) is 14.7 Å². The van der Waals surface area contributed by atoms with Crippen LogP contribution in [0, 0.1) is 0 Å². The molecule has 144 valence electrons. The van der Waals surface area contributed by atoms with Crippen LogP contribution in [0.2, 0.25) is 0 Å².